The van der Waals surface area contributed by atoms with Crippen LogP contribution in [0.25, 0.3) is 0 Å². The highest BCUT2D eigenvalue weighted by atomic mass is 16.3. The molecule has 0 saturated heterocycles. The summed E-state index contributed by atoms with van der Waals surface area (Å²) >= 11 is 0. The lowest BCUT2D eigenvalue weighted by Crippen LogP contribution is -2.34. The van der Waals surface area contributed by atoms with Crippen LogP contribution in [0.15, 0.2) is 5.10 Å². The first-order valence-corrected chi connectivity index (χ1v) is 5.10. The maximum atomic E-state index is 9.57. The van der Waals surface area contributed by atoms with Gasteiger partial charge in [-0.25, -0.2) is 0 Å². The third-order valence-corrected chi connectivity index (χ3v) is 2.23. The summed E-state index contributed by atoms with van der Waals surface area (Å²) in [6.45, 7) is 10.2. The SMILES string of the molecule is CC(O)C(C)/C(=N/N(C)C)C(C)(C)C. The van der Waals surface area contributed by atoms with E-state index in [1.165, 1.54) is 0 Å². The van der Waals surface area contributed by atoms with Gasteiger partial charge in [-0.15, -0.1) is 0 Å². The normalized spacial score (nSPS) is 17.9. The Hall–Kier alpha value is -0.570. The molecule has 84 valence electrons. The molecule has 2 unspecified atom stereocenters. The van der Waals surface area contributed by atoms with Crippen molar-refractivity contribution in [2.24, 2.45) is 16.4 Å². The third kappa shape index (κ3) is 4.09. The van der Waals surface area contributed by atoms with E-state index in [9.17, 15) is 5.11 Å². The van der Waals surface area contributed by atoms with E-state index in [-0.39, 0.29) is 17.4 Å². The van der Waals surface area contributed by atoms with E-state index in [1.54, 1.807) is 5.01 Å². The lowest BCUT2D eigenvalue weighted by molar-refractivity contribution is 0.159. The van der Waals surface area contributed by atoms with E-state index in [2.05, 4.69) is 25.9 Å². The molecule has 0 radical (unpaired) electrons. The topological polar surface area (TPSA) is 35.8 Å². The first-order chi connectivity index (χ1) is 6.16. The molecular formula is C11H24N2O. The van der Waals surface area contributed by atoms with Crippen LogP contribution in [-0.2, 0) is 0 Å². The first-order valence-electron chi connectivity index (χ1n) is 5.10. The summed E-state index contributed by atoms with van der Waals surface area (Å²) in [6.07, 6.45) is -0.354. The average molecular weight is 200 g/mol. The van der Waals surface area contributed by atoms with Crippen LogP contribution in [0.5, 0.6) is 0 Å². The molecule has 0 amide bonds. The fourth-order valence-corrected chi connectivity index (χ4v) is 1.37. The van der Waals surface area contributed by atoms with Crippen LogP contribution in [0, 0.1) is 11.3 Å². The van der Waals surface area contributed by atoms with Crippen molar-refractivity contribution in [3.63, 3.8) is 0 Å². The number of hydrogen-bond donors (Lipinski definition) is 1. The Bertz CT molecular complexity index is 202. The Morgan fingerprint density at radius 3 is 1.86 bits per heavy atom. The largest absolute Gasteiger partial charge is 0.393 e. The van der Waals surface area contributed by atoms with E-state index in [0.717, 1.165) is 5.71 Å². The standard InChI is InChI=1S/C11H24N2O/c1-8(9(2)14)10(11(3,4)5)12-13(6)7/h8-9,14H,1-7H3/b12-10-. The van der Waals surface area contributed by atoms with Gasteiger partial charge in [0, 0.05) is 31.1 Å². The second kappa shape index (κ2) is 4.78. The Morgan fingerprint density at radius 1 is 1.21 bits per heavy atom. The Morgan fingerprint density at radius 2 is 1.64 bits per heavy atom. The summed E-state index contributed by atoms with van der Waals surface area (Å²) in [6, 6.07) is 0. The van der Waals surface area contributed by atoms with Crippen LogP contribution in [0.2, 0.25) is 0 Å². The molecule has 0 aromatic heterocycles. The zero-order valence-corrected chi connectivity index (χ0v) is 10.5. The Balaban J connectivity index is 4.93. The van der Waals surface area contributed by atoms with Crippen molar-refractivity contribution in [3.05, 3.63) is 0 Å². The number of aliphatic hydroxyl groups excluding tert-OH is 1. The van der Waals surface area contributed by atoms with Crippen molar-refractivity contribution in [1.82, 2.24) is 5.01 Å². The summed E-state index contributed by atoms with van der Waals surface area (Å²) in [4.78, 5) is 0. The van der Waals surface area contributed by atoms with Gasteiger partial charge in [0.1, 0.15) is 0 Å². The lowest BCUT2D eigenvalue weighted by Gasteiger charge is -2.29. The monoisotopic (exact) mass is 200 g/mol. The molecule has 0 heterocycles. The van der Waals surface area contributed by atoms with E-state index in [4.69, 9.17) is 0 Å². The molecule has 0 spiro atoms. The van der Waals surface area contributed by atoms with Crippen molar-refractivity contribution < 1.29 is 5.11 Å². The fourth-order valence-electron chi connectivity index (χ4n) is 1.37. The number of nitrogens with zero attached hydrogens (tertiary/aromatic N) is 2. The minimum atomic E-state index is -0.354. The van der Waals surface area contributed by atoms with Gasteiger partial charge in [-0.2, -0.15) is 5.10 Å². The second-order valence-corrected chi connectivity index (χ2v) is 5.11. The number of hydrazone groups is 1. The number of rotatable bonds is 3. The van der Waals surface area contributed by atoms with Gasteiger partial charge in [0.05, 0.1) is 6.10 Å². The van der Waals surface area contributed by atoms with Crippen molar-refractivity contribution in [2.45, 2.75) is 40.7 Å². The highest BCUT2D eigenvalue weighted by molar-refractivity contribution is 5.91. The molecule has 1 N–H and O–H groups in total. The minimum absolute atomic E-state index is 0.000671. The quantitative estimate of drug-likeness (QED) is 0.558. The molecule has 0 aromatic rings. The lowest BCUT2D eigenvalue weighted by atomic mass is 9.81. The Labute approximate surface area is 87.8 Å². The molecule has 0 saturated carbocycles. The van der Waals surface area contributed by atoms with E-state index >= 15 is 0 Å². The van der Waals surface area contributed by atoms with Crippen molar-refractivity contribution in [2.75, 3.05) is 14.1 Å². The van der Waals surface area contributed by atoms with Gasteiger partial charge in [0.2, 0.25) is 0 Å². The molecule has 0 aromatic carbocycles. The molecule has 0 fully saturated rings. The summed E-state index contributed by atoms with van der Waals surface area (Å²) in [5.41, 5.74) is 1.04. The third-order valence-electron chi connectivity index (χ3n) is 2.23. The maximum Gasteiger partial charge on any atom is 0.0590 e. The maximum absolute atomic E-state index is 9.57. The van der Waals surface area contributed by atoms with Gasteiger partial charge >= 0.3 is 0 Å². The molecule has 0 rings (SSSR count). The van der Waals surface area contributed by atoms with E-state index < -0.39 is 0 Å². The van der Waals surface area contributed by atoms with Crippen LogP contribution in [0.3, 0.4) is 0 Å². The molecular weight excluding hydrogens is 176 g/mol. The minimum Gasteiger partial charge on any atom is -0.393 e. The zero-order valence-electron chi connectivity index (χ0n) is 10.5. The van der Waals surface area contributed by atoms with E-state index in [1.807, 2.05) is 27.9 Å². The number of aliphatic hydroxyl groups is 1. The molecule has 3 heteroatoms. The van der Waals surface area contributed by atoms with Gasteiger partial charge in [-0.05, 0) is 6.92 Å². The van der Waals surface area contributed by atoms with Gasteiger partial charge in [0.25, 0.3) is 0 Å². The molecule has 14 heavy (non-hydrogen) atoms. The van der Waals surface area contributed by atoms with Crippen molar-refractivity contribution in [3.8, 4) is 0 Å². The predicted molar refractivity (Wildman–Crippen MR) is 61.4 cm³/mol. The summed E-state index contributed by atoms with van der Waals surface area (Å²) in [5, 5.41) is 15.8. The molecule has 0 aliphatic carbocycles. The van der Waals surface area contributed by atoms with E-state index in [0.29, 0.717) is 0 Å². The van der Waals surface area contributed by atoms with Crippen molar-refractivity contribution in [1.29, 1.82) is 0 Å². The Kier molecular flexibility index (Phi) is 4.59. The van der Waals surface area contributed by atoms with Crippen LogP contribution in [0.4, 0.5) is 0 Å². The predicted octanol–water partition coefficient (Wildman–Crippen LogP) is 1.97. The van der Waals surface area contributed by atoms with Crippen LogP contribution < -0.4 is 0 Å². The summed E-state index contributed by atoms with van der Waals surface area (Å²) in [5.74, 6) is 0.0948. The van der Waals surface area contributed by atoms with Crippen LogP contribution in [0.1, 0.15) is 34.6 Å². The molecule has 2 atom stereocenters. The highest BCUT2D eigenvalue weighted by Crippen LogP contribution is 2.24. The highest BCUT2D eigenvalue weighted by Gasteiger charge is 2.27. The molecule has 0 aliphatic heterocycles. The van der Waals surface area contributed by atoms with Gasteiger partial charge in [-0.3, -0.25) is 0 Å². The van der Waals surface area contributed by atoms with Gasteiger partial charge < -0.3 is 10.1 Å². The van der Waals surface area contributed by atoms with Crippen LogP contribution >= 0.6 is 0 Å². The van der Waals surface area contributed by atoms with Crippen LogP contribution in [-0.4, -0.2) is 36.0 Å². The average Bonchev–Trinajstić information content (AvgIpc) is 1.96. The molecule has 3 nitrogen and oxygen atoms in total. The van der Waals surface area contributed by atoms with Crippen molar-refractivity contribution >= 4 is 5.71 Å². The van der Waals surface area contributed by atoms with Gasteiger partial charge in [-0.1, -0.05) is 27.7 Å². The smallest absolute Gasteiger partial charge is 0.0590 e. The fraction of sp³-hybridized carbons (Fsp3) is 0.909. The zero-order chi connectivity index (χ0) is 11.5. The first kappa shape index (κ1) is 13.4. The molecule has 0 aliphatic rings. The molecule has 0 bridgehead atoms. The van der Waals surface area contributed by atoms with Gasteiger partial charge in [0.15, 0.2) is 0 Å². The summed E-state index contributed by atoms with van der Waals surface area (Å²) in [7, 11) is 3.81. The number of hydrogen-bond acceptors (Lipinski definition) is 3. The summed E-state index contributed by atoms with van der Waals surface area (Å²) < 4.78 is 0. The second-order valence-electron chi connectivity index (χ2n) is 5.11.